The Morgan fingerprint density at radius 2 is 1.00 bits per heavy atom. The average Bonchev–Trinajstić information content (AvgIpc) is 2.78. The van der Waals surface area contributed by atoms with Crippen LogP contribution in [-0.2, 0) is 19.3 Å². The molecule has 0 nitrogen and oxygen atoms in total. The molecule has 2 aromatic rings. The lowest BCUT2D eigenvalue weighted by molar-refractivity contribution is 0.195. The summed E-state index contributed by atoms with van der Waals surface area (Å²) in [5, 5.41) is 0. The zero-order valence-corrected chi connectivity index (χ0v) is 19.4. The van der Waals surface area contributed by atoms with Crippen LogP contribution >= 0.6 is 0 Å². The van der Waals surface area contributed by atoms with Gasteiger partial charge >= 0.3 is 0 Å². The highest BCUT2D eigenvalue weighted by Gasteiger charge is 2.26. The fourth-order valence-electron chi connectivity index (χ4n) is 5.96. The lowest BCUT2D eigenvalue weighted by Gasteiger charge is -2.33. The van der Waals surface area contributed by atoms with E-state index in [0.717, 1.165) is 36.5 Å². The van der Waals surface area contributed by atoms with Crippen LogP contribution in [0.15, 0.2) is 48.5 Å². The minimum atomic E-state index is 0.917. The Morgan fingerprint density at radius 3 is 1.53 bits per heavy atom. The standard InChI is InChI=1S/C30H42/c1-3-24-8-10-26(11-9-24)21-28-16-18-30(19-17-28)22-29-14-12-27(13-15-29)20-25-6-4-23(2)5-7-25/h8-11,16-19,23,25,27,29H,3-7,12-15,20-22H2,1-2H3. The first-order chi connectivity index (χ1) is 14.7. The molecule has 0 saturated heterocycles. The largest absolute Gasteiger partial charge is 0.0625 e. The van der Waals surface area contributed by atoms with E-state index in [1.807, 2.05) is 0 Å². The molecule has 30 heavy (non-hydrogen) atoms. The molecule has 0 unspecified atom stereocenters. The third-order valence-electron chi connectivity index (χ3n) is 8.16. The van der Waals surface area contributed by atoms with E-state index >= 15 is 0 Å². The lowest BCUT2D eigenvalue weighted by atomic mass is 9.72. The van der Waals surface area contributed by atoms with Crippen LogP contribution < -0.4 is 0 Å². The molecule has 2 aliphatic carbocycles. The van der Waals surface area contributed by atoms with Gasteiger partial charge in [-0.15, -0.1) is 0 Å². The predicted octanol–water partition coefficient (Wildman–Crippen LogP) is 8.41. The molecular weight excluding hydrogens is 360 g/mol. The Kier molecular flexibility index (Phi) is 7.69. The van der Waals surface area contributed by atoms with E-state index in [-0.39, 0.29) is 0 Å². The van der Waals surface area contributed by atoms with Gasteiger partial charge in [0.2, 0.25) is 0 Å². The zero-order chi connectivity index (χ0) is 20.8. The molecule has 0 N–H and O–H groups in total. The van der Waals surface area contributed by atoms with E-state index in [1.54, 1.807) is 5.56 Å². The summed E-state index contributed by atoms with van der Waals surface area (Å²) < 4.78 is 0. The quantitative estimate of drug-likeness (QED) is 0.436. The minimum Gasteiger partial charge on any atom is -0.0625 e. The molecule has 2 saturated carbocycles. The van der Waals surface area contributed by atoms with Gasteiger partial charge in [0.1, 0.15) is 0 Å². The van der Waals surface area contributed by atoms with Crippen molar-refractivity contribution in [1.29, 1.82) is 0 Å². The molecular formula is C30H42. The fraction of sp³-hybridized carbons (Fsp3) is 0.600. The second kappa shape index (κ2) is 10.7. The molecule has 0 amide bonds. The first-order valence-corrected chi connectivity index (χ1v) is 12.8. The Bertz CT molecular complexity index is 738. The second-order valence-corrected chi connectivity index (χ2v) is 10.6. The zero-order valence-electron chi connectivity index (χ0n) is 19.4. The van der Waals surface area contributed by atoms with E-state index in [4.69, 9.17) is 0 Å². The van der Waals surface area contributed by atoms with Gasteiger partial charge in [-0.1, -0.05) is 101 Å². The van der Waals surface area contributed by atoms with E-state index in [2.05, 4.69) is 62.4 Å². The van der Waals surface area contributed by atoms with Gasteiger partial charge in [0.15, 0.2) is 0 Å². The summed E-state index contributed by atoms with van der Waals surface area (Å²) >= 11 is 0. The molecule has 0 aliphatic heterocycles. The van der Waals surface area contributed by atoms with Gasteiger partial charge in [0.25, 0.3) is 0 Å². The summed E-state index contributed by atoms with van der Waals surface area (Å²) in [5.41, 5.74) is 5.83. The fourth-order valence-corrected chi connectivity index (χ4v) is 5.96. The summed E-state index contributed by atoms with van der Waals surface area (Å²) in [7, 11) is 0. The van der Waals surface area contributed by atoms with Crippen LogP contribution in [0.2, 0.25) is 0 Å². The number of aryl methyl sites for hydroxylation is 1. The highest BCUT2D eigenvalue weighted by Crippen LogP contribution is 2.39. The van der Waals surface area contributed by atoms with Crippen molar-refractivity contribution >= 4 is 0 Å². The lowest BCUT2D eigenvalue weighted by Crippen LogP contribution is -2.21. The van der Waals surface area contributed by atoms with Crippen LogP contribution in [0.1, 0.15) is 93.9 Å². The maximum absolute atomic E-state index is 2.44. The molecule has 0 heterocycles. The van der Waals surface area contributed by atoms with Gasteiger partial charge in [-0.25, -0.2) is 0 Å². The molecule has 0 spiro atoms. The van der Waals surface area contributed by atoms with Crippen molar-refractivity contribution in [3.8, 4) is 0 Å². The van der Waals surface area contributed by atoms with Gasteiger partial charge in [-0.05, 0) is 84.5 Å². The van der Waals surface area contributed by atoms with E-state index < -0.39 is 0 Å². The predicted molar refractivity (Wildman–Crippen MR) is 130 cm³/mol. The Morgan fingerprint density at radius 1 is 0.567 bits per heavy atom. The summed E-state index contributed by atoms with van der Waals surface area (Å²) in [6.07, 6.45) is 16.9. The van der Waals surface area contributed by atoms with Crippen LogP contribution in [0.5, 0.6) is 0 Å². The molecule has 0 atom stereocenters. The van der Waals surface area contributed by atoms with Gasteiger partial charge in [-0.2, -0.15) is 0 Å². The number of hydrogen-bond donors (Lipinski definition) is 0. The average molecular weight is 403 g/mol. The van der Waals surface area contributed by atoms with E-state index in [1.165, 1.54) is 80.9 Å². The van der Waals surface area contributed by atoms with Gasteiger partial charge < -0.3 is 0 Å². The SMILES string of the molecule is CCc1ccc(Cc2ccc(CC3CCC(CC4CCC(C)CC4)CC3)cc2)cc1. The van der Waals surface area contributed by atoms with Gasteiger partial charge in [0.05, 0.1) is 0 Å². The summed E-state index contributed by atoms with van der Waals surface area (Å²) in [5.74, 6) is 3.99. The normalized spacial score (nSPS) is 27.1. The van der Waals surface area contributed by atoms with Crippen LogP contribution in [-0.4, -0.2) is 0 Å². The van der Waals surface area contributed by atoms with Crippen molar-refractivity contribution in [2.75, 3.05) is 0 Å². The molecule has 0 radical (unpaired) electrons. The molecule has 2 aliphatic rings. The Labute approximate surface area is 185 Å². The molecule has 4 rings (SSSR count). The monoisotopic (exact) mass is 402 g/mol. The third-order valence-corrected chi connectivity index (χ3v) is 8.16. The smallest absolute Gasteiger partial charge is 0.00258 e. The van der Waals surface area contributed by atoms with Crippen LogP contribution in [0, 0.1) is 23.7 Å². The Balaban J connectivity index is 1.20. The van der Waals surface area contributed by atoms with Crippen molar-refractivity contribution in [3.63, 3.8) is 0 Å². The first-order valence-electron chi connectivity index (χ1n) is 12.8. The molecule has 0 aromatic heterocycles. The summed E-state index contributed by atoms with van der Waals surface area (Å²) in [6, 6.07) is 18.6. The van der Waals surface area contributed by atoms with Crippen molar-refractivity contribution in [2.45, 2.75) is 90.9 Å². The van der Waals surface area contributed by atoms with Gasteiger partial charge in [-0.3, -0.25) is 0 Å². The van der Waals surface area contributed by atoms with E-state index in [0.29, 0.717) is 0 Å². The van der Waals surface area contributed by atoms with Gasteiger partial charge in [0, 0.05) is 0 Å². The Hall–Kier alpha value is -1.56. The second-order valence-electron chi connectivity index (χ2n) is 10.6. The first kappa shape index (κ1) is 21.7. The van der Waals surface area contributed by atoms with Crippen molar-refractivity contribution < 1.29 is 0 Å². The number of benzene rings is 2. The van der Waals surface area contributed by atoms with Crippen molar-refractivity contribution in [1.82, 2.24) is 0 Å². The maximum Gasteiger partial charge on any atom is -0.00258 e. The topological polar surface area (TPSA) is 0 Å². The van der Waals surface area contributed by atoms with Crippen molar-refractivity contribution in [2.24, 2.45) is 23.7 Å². The van der Waals surface area contributed by atoms with Crippen LogP contribution in [0.4, 0.5) is 0 Å². The third kappa shape index (κ3) is 6.22. The molecule has 0 bridgehead atoms. The molecule has 0 heteroatoms. The van der Waals surface area contributed by atoms with E-state index in [9.17, 15) is 0 Å². The molecule has 162 valence electrons. The maximum atomic E-state index is 2.44. The molecule has 2 aromatic carbocycles. The highest BCUT2D eigenvalue weighted by atomic mass is 14.3. The molecule has 2 fully saturated rings. The number of rotatable bonds is 7. The number of hydrogen-bond acceptors (Lipinski definition) is 0. The highest BCUT2D eigenvalue weighted by molar-refractivity contribution is 5.30. The van der Waals surface area contributed by atoms with Crippen molar-refractivity contribution in [3.05, 3.63) is 70.8 Å². The van der Waals surface area contributed by atoms with Crippen LogP contribution in [0.25, 0.3) is 0 Å². The summed E-state index contributed by atoms with van der Waals surface area (Å²) in [6.45, 7) is 4.66. The minimum absolute atomic E-state index is 0.917. The van der Waals surface area contributed by atoms with Crippen LogP contribution in [0.3, 0.4) is 0 Å². The summed E-state index contributed by atoms with van der Waals surface area (Å²) in [4.78, 5) is 0.